The number of ether oxygens (including phenoxy) is 2. The minimum atomic E-state index is -0.225. The van der Waals surface area contributed by atoms with Crippen molar-refractivity contribution in [3.05, 3.63) is 154 Å². The van der Waals surface area contributed by atoms with Crippen molar-refractivity contribution in [1.82, 2.24) is 40.0 Å². The zero-order chi connectivity index (χ0) is 45.1. The summed E-state index contributed by atoms with van der Waals surface area (Å²) in [6, 6.07) is 30.4. The molecule has 2 aliphatic carbocycles. The van der Waals surface area contributed by atoms with Crippen LogP contribution in [-0.2, 0) is 9.47 Å². The van der Waals surface area contributed by atoms with Crippen LogP contribution in [0.5, 0.6) is 0 Å². The molecule has 0 radical (unpaired) electrons. The molecular formula is C49H45BrN10O6. The predicted molar refractivity (Wildman–Crippen MR) is 254 cm³/mol. The van der Waals surface area contributed by atoms with Crippen LogP contribution in [0.4, 0.5) is 11.4 Å². The Hall–Kier alpha value is -7.08. The molecule has 8 aromatic rings. The molecule has 12 rings (SSSR count). The highest BCUT2D eigenvalue weighted by molar-refractivity contribution is 9.09. The maximum absolute atomic E-state index is 13.4. The Kier molecular flexibility index (Phi) is 12.2. The van der Waals surface area contributed by atoms with Gasteiger partial charge >= 0.3 is 0 Å². The van der Waals surface area contributed by atoms with Gasteiger partial charge in [-0.1, -0.05) is 76.6 Å². The summed E-state index contributed by atoms with van der Waals surface area (Å²) in [5.41, 5.74) is 5.35. The number of halogens is 1. The summed E-state index contributed by atoms with van der Waals surface area (Å²) >= 11 is 3.34. The fourth-order valence-corrected chi connectivity index (χ4v) is 8.43. The van der Waals surface area contributed by atoms with Gasteiger partial charge < -0.3 is 20.1 Å². The second-order valence-electron chi connectivity index (χ2n) is 16.8. The summed E-state index contributed by atoms with van der Waals surface area (Å²) in [6.45, 7) is 3.05. The number of amides is 2. The number of benzene rings is 4. The van der Waals surface area contributed by atoms with Gasteiger partial charge in [0.2, 0.25) is 0 Å². The number of anilines is 2. The Morgan fingerprint density at radius 2 is 1.23 bits per heavy atom. The van der Waals surface area contributed by atoms with Crippen LogP contribution in [0.25, 0.3) is 44.1 Å². The molecule has 16 nitrogen and oxygen atoms in total. The van der Waals surface area contributed by atoms with Crippen LogP contribution in [-0.4, -0.2) is 83.0 Å². The van der Waals surface area contributed by atoms with E-state index in [0.29, 0.717) is 68.8 Å². The van der Waals surface area contributed by atoms with Gasteiger partial charge in [0, 0.05) is 45.7 Å². The molecule has 334 valence electrons. The van der Waals surface area contributed by atoms with Crippen molar-refractivity contribution in [1.29, 1.82) is 0 Å². The van der Waals surface area contributed by atoms with Gasteiger partial charge in [0.05, 0.1) is 89.0 Å². The van der Waals surface area contributed by atoms with Gasteiger partial charge in [-0.25, -0.2) is 9.78 Å². The molecule has 4 N–H and O–H groups in total. The largest absolute Gasteiger partial charge is 0.379 e. The fourth-order valence-electron chi connectivity index (χ4n) is 8.06. The number of nitrogens with zero attached hydrogens (tertiary/aromatic N) is 6. The van der Waals surface area contributed by atoms with E-state index in [2.05, 4.69) is 52.1 Å². The first kappa shape index (κ1) is 42.8. The Bertz CT molecular complexity index is 3120. The molecule has 2 saturated carbocycles. The summed E-state index contributed by atoms with van der Waals surface area (Å²) in [6.07, 6.45) is 11.1. The molecule has 66 heavy (non-hydrogen) atoms. The lowest BCUT2D eigenvalue weighted by molar-refractivity contribution is -0.0286. The number of aromatic amines is 2. The van der Waals surface area contributed by atoms with Gasteiger partial charge in [-0.05, 0) is 73.9 Å². The number of aromatic nitrogens is 8. The molecule has 4 aliphatic rings. The minimum absolute atomic E-state index is 0.0112. The summed E-state index contributed by atoms with van der Waals surface area (Å²) in [5.74, 6) is 0.696. The van der Waals surface area contributed by atoms with E-state index in [1.165, 1.54) is 31.9 Å². The molecule has 0 spiro atoms. The average molecular weight is 950 g/mol. The van der Waals surface area contributed by atoms with Crippen LogP contribution in [0.15, 0.2) is 131 Å². The van der Waals surface area contributed by atoms with E-state index in [9.17, 15) is 19.2 Å². The third-order valence-corrected chi connectivity index (χ3v) is 12.6. The molecule has 0 unspecified atom stereocenters. The second kappa shape index (κ2) is 18.8. The van der Waals surface area contributed by atoms with Crippen LogP contribution >= 0.6 is 15.9 Å². The number of hydrogen-bond acceptors (Lipinski definition) is 10. The topological polar surface area (TPSA) is 204 Å². The first-order valence-corrected chi connectivity index (χ1v) is 22.8. The number of fused-ring (bicyclic) bond motifs is 2. The number of nitrogens with one attached hydrogen (secondary N) is 4. The molecule has 17 heteroatoms. The number of alkyl halides is 1. The van der Waals surface area contributed by atoms with E-state index in [1.807, 2.05) is 78.9 Å². The quantitative estimate of drug-likeness (QED) is 0.0980. The van der Waals surface area contributed by atoms with E-state index < -0.39 is 0 Å². The van der Waals surface area contributed by atoms with Crippen molar-refractivity contribution in [3.8, 4) is 22.5 Å². The standard InChI is InChI=1S/C25H23N5O2.C21H17N5O3.C3H5BrO/c31-24(18-13-26-27-14-18)28-19-11-9-15(10-12-19)22-20-3-1-2-4-21(20)25(32)30(29-22)23(16-5-6-16)17-7-8-17;27-20(14-9-22-26(10-14)16-11-29-12-16)23-15-7-5-13(6-8-15)19-17-3-1-2-4-18(17)21(28)25-24-19;4-3-1-5-2-3/h1-4,9-14,16-17,23H,5-8H2,(H,26,27)(H,28,31);1-10,16H,11-12H2,(H,23,27)(H,25,28);3H,1-2H2. The maximum atomic E-state index is 13.4. The number of H-pyrrole nitrogens is 2. The SMILES string of the molecule is BrC1COC1.O=C(Nc1ccc(-c2n[nH]c(=O)c3ccccc23)cc1)c1cnn(C2COC2)c1.O=C(Nc1ccc(-c2nn(C(C3CC3)C3CC3)c(=O)c3ccccc23)cc1)c1cn[nH]c1. The van der Waals surface area contributed by atoms with E-state index in [1.54, 1.807) is 46.2 Å². The van der Waals surface area contributed by atoms with Crippen LogP contribution < -0.4 is 21.8 Å². The van der Waals surface area contributed by atoms with Gasteiger partial charge in [0.15, 0.2) is 0 Å². The Morgan fingerprint density at radius 1 is 0.682 bits per heavy atom. The molecule has 4 aromatic heterocycles. The summed E-state index contributed by atoms with van der Waals surface area (Å²) in [7, 11) is 0. The number of rotatable bonds is 10. The smallest absolute Gasteiger partial charge is 0.274 e. The fraction of sp³-hybridized carbons (Fsp3) is 0.265. The first-order chi connectivity index (χ1) is 32.3. The number of hydrogen-bond donors (Lipinski definition) is 4. The second-order valence-corrected chi connectivity index (χ2v) is 18.1. The molecular weight excluding hydrogens is 905 g/mol. The lowest BCUT2D eigenvalue weighted by atomic mass is 10.0. The summed E-state index contributed by atoms with van der Waals surface area (Å²) < 4.78 is 13.5. The highest BCUT2D eigenvalue weighted by Crippen LogP contribution is 2.51. The summed E-state index contributed by atoms with van der Waals surface area (Å²) in [4.78, 5) is 50.7. The van der Waals surface area contributed by atoms with Crippen molar-refractivity contribution >= 4 is 60.7 Å². The highest BCUT2D eigenvalue weighted by Gasteiger charge is 2.44. The predicted octanol–water partition coefficient (Wildman–Crippen LogP) is 7.79. The highest BCUT2D eigenvalue weighted by atomic mass is 79.9. The van der Waals surface area contributed by atoms with Crippen molar-refractivity contribution in [2.45, 2.75) is 42.6 Å². The lowest BCUT2D eigenvalue weighted by Crippen LogP contribution is -2.30. The van der Waals surface area contributed by atoms with Crippen LogP contribution in [0, 0.1) is 11.8 Å². The normalized spacial score (nSPS) is 15.8. The minimum Gasteiger partial charge on any atom is -0.379 e. The van der Waals surface area contributed by atoms with Crippen LogP contribution in [0.3, 0.4) is 0 Å². The molecule has 4 aromatic carbocycles. The molecule has 2 amide bonds. The molecule has 6 heterocycles. The van der Waals surface area contributed by atoms with Crippen LogP contribution in [0.2, 0.25) is 0 Å². The molecule has 2 saturated heterocycles. The number of carbonyl (C=O) groups is 2. The lowest BCUT2D eigenvalue weighted by Gasteiger charge is -2.25. The molecule has 4 fully saturated rings. The zero-order valence-electron chi connectivity index (χ0n) is 35.6. The monoisotopic (exact) mass is 948 g/mol. The summed E-state index contributed by atoms with van der Waals surface area (Å²) in [5, 5.41) is 31.0. The van der Waals surface area contributed by atoms with E-state index in [0.717, 1.165) is 40.8 Å². The van der Waals surface area contributed by atoms with Gasteiger partial charge in [-0.15, -0.1) is 0 Å². The van der Waals surface area contributed by atoms with Crippen molar-refractivity contribution in [2.75, 3.05) is 37.1 Å². The molecule has 2 aliphatic heterocycles. The Morgan fingerprint density at radius 3 is 1.76 bits per heavy atom. The first-order valence-electron chi connectivity index (χ1n) is 21.9. The van der Waals surface area contributed by atoms with Crippen molar-refractivity contribution < 1.29 is 19.1 Å². The van der Waals surface area contributed by atoms with Crippen molar-refractivity contribution in [2.24, 2.45) is 11.8 Å². The Balaban J connectivity index is 0.000000141. The van der Waals surface area contributed by atoms with Crippen molar-refractivity contribution in [3.63, 3.8) is 0 Å². The van der Waals surface area contributed by atoms with Gasteiger partial charge in [0.25, 0.3) is 22.9 Å². The third-order valence-electron chi connectivity index (χ3n) is 12.1. The molecule has 0 bridgehead atoms. The maximum Gasteiger partial charge on any atom is 0.274 e. The van der Waals surface area contributed by atoms with Crippen LogP contribution in [0.1, 0.15) is 58.5 Å². The Labute approximate surface area is 385 Å². The molecule has 0 atom stereocenters. The van der Waals surface area contributed by atoms with E-state index in [-0.39, 0.29) is 35.0 Å². The third kappa shape index (κ3) is 9.36. The van der Waals surface area contributed by atoms with E-state index in [4.69, 9.17) is 14.6 Å². The van der Waals surface area contributed by atoms with Gasteiger partial charge in [-0.3, -0.25) is 29.0 Å². The average Bonchev–Trinajstić information content (AvgIpc) is 4.23. The van der Waals surface area contributed by atoms with Gasteiger partial charge in [-0.2, -0.15) is 20.4 Å². The zero-order valence-corrected chi connectivity index (χ0v) is 37.2. The number of carbonyl (C=O) groups excluding carboxylic acids is 2. The van der Waals surface area contributed by atoms with E-state index >= 15 is 0 Å². The van der Waals surface area contributed by atoms with Gasteiger partial charge in [0.1, 0.15) is 0 Å².